The van der Waals surface area contributed by atoms with Gasteiger partial charge in [0.1, 0.15) is 19.0 Å². The average molecular weight is 457 g/mol. The van der Waals surface area contributed by atoms with E-state index in [2.05, 4.69) is 9.64 Å². The summed E-state index contributed by atoms with van der Waals surface area (Å²) < 4.78 is 51.7. The molecule has 0 unspecified atom stereocenters. The van der Waals surface area contributed by atoms with Gasteiger partial charge in [-0.25, -0.2) is 0 Å². The zero-order chi connectivity index (χ0) is 22.0. The summed E-state index contributed by atoms with van der Waals surface area (Å²) in [7, 11) is 0. The van der Waals surface area contributed by atoms with Crippen LogP contribution in [-0.2, 0) is 6.54 Å². The van der Waals surface area contributed by atoms with Gasteiger partial charge in [0, 0.05) is 38.3 Å². The topological polar surface area (TPSA) is 51.2 Å². The number of nitrogens with zero attached hydrogens (tertiary/aromatic N) is 2. The lowest BCUT2D eigenvalue weighted by Gasteiger charge is -2.35. The summed E-state index contributed by atoms with van der Waals surface area (Å²) in [5.74, 6) is 0.552. The first-order valence-electron chi connectivity index (χ1n) is 9.74. The number of hydrogen-bond donors (Lipinski definition) is 0. The molecule has 0 saturated carbocycles. The fraction of sp³-hybridized carbons (Fsp3) is 0.381. The molecule has 2 aliphatic heterocycles. The molecule has 31 heavy (non-hydrogen) atoms. The van der Waals surface area contributed by atoms with Gasteiger partial charge in [-0.3, -0.25) is 9.69 Å². The fourth-order valence-corrected chi connectivity index (χ4v) is 3.85. The molecule has 2 aromatic carbocycles. The van der Waals surface area contributed by atoms with Crippen molar-refractivity contribution in [2.24, 2.45) is 0 Å². The van der Waals surface area contributed by atoms with Gasteiger partial charge in [0.05, 0.1) is 5.02 Å². The molecule has 1 amide bonds. The number of carbonyl (C=O) groups excluding carboxylic acids is 1. The molecule has 166 valence electrons. The van der Waals surface area contributed by atoms with E-state index < -0.39 is 6.36 Å². The van der Waals surface area contributed by atoms with Crippen LogP contribution in [0.3, 0.4) is 0 Å². The quantitative estimate of drug-likeness (QED) is 0.697. The van der Waals surface area contributed by atoms with Crippen LogP contribution in [0.1, 0.15) is 15.9 Å². The van der Waals surface area contributed by atoms with E-state index in [0.29, 0.717) is 68.0 Å². The Bertz CT molecular complexity index is 945. The third kappa shape index (κ3) is 5.34. The van der Waals surface area contributed by atoms with Gasteiger partial charge < -0.3 is 19.1 Å². The molecular formula is C21H20ClF3N2O4. The minimum absolute atomic E-state index is 0.132. The van der Waals surface area contributed by atoms with Gasteiger partial charge >= 0.3 is 6.36 Å². The standard InChI is InChI=1S/C21H20ClF3N2O4/c22-17-11-15(12-18-19(17)30-10-9-29-18)20(28)27-7-5-26(6-8-27)13-14-1-3-16(4-2-14)31-21(23,24)25/h1-4,11-12H,5-10,13H2. The predicted molar refractivity (Wildman–Crippen MR) is 107 cm³/mol. The van der Waals surface area contributed by atoms with Crippen LogP contribution in [0.25, 0.3) is 0 Å². The Balaban J connectivity index is 1.32. The molecule has 0 radical (unpaired) electrons. The summed E-state index contributed by atoms with van der Waals surface area (Å²) in [5.41, 5.74) is 1.32. The highest BCUT2D eigenvalue weighted by atomic mass is 35.5. The maximum Gasteiger partial charge on any atom is 0.573 e. The van der Waals surface area contributed by atoms with Crippen LogP contribution >= 0.6 is 11.6 Å². The van der Waals surface area contributed by atoms with E-state index in [1.54, 1.807) is 29.2 Å². The highest BCUT2D eigenvalue weighted by Crippen LogP contribution is 2.38. The van der Waals surface area contributed by atoms with Gasteiger partial charge in [0.15, 0.2) is 11.5 Å². The Hall–Kier alpha value is -2.65. The first-order valence-corrected chi connectivity index (χ1v) is 10.1. The van der Waals surface area contributed by atoms with E-state index in [0.717, 1.165) is 5.56 Å². The maximum atomic E-state index is 12.9. The van der Waals surface area contributed by atoms with E-state index in [9.17, 15) is 18.0 Å². The van der Waals surface area contributed by atoms with E-state index >= 15 is 0 Å². The molecular weight excluding hydrogens is 437 g/mol. The van der Waals surface area contributed by atoms with Crippen LogP contribution in [0.15, 0.2) is 36.4 Å². The highest BCUT2D eigenvalue weighted by Gasteiger charge is 2.31. The zero-order valence-electron chi connectivity index (χ0n) is 16.5. The molecule has 0 aliphatic carbocycles. The molecule has 0 spiro atoms. The number of carbonyl (C=O) groups is 1. The van der Waals surface area contributed by atoms with Crippen molar-refractivity contribution < 1.29 is 32.2 Å². The van der Waals surface area contributed by atoms with Crippen molar-refractivity contribution in [1.29, 1.82) is 0 Å². The first kappa shape index (κ1) is 21.6. The second kappa shape index (κ2) is 8.84. The third-order valence-electron chi connectivity index (χ3n) is 5.07. The lowest BCUT2D eigenvalue weighted by Crippen LogP contribution is -2.48. The number of benzene rings is 2. The summed E-state index contributed by atoms with van der Waals surface area (Å²) in [6.07, 6.45) is -4.70. The van der Waals surface area contributed by atoms with Gasteiger partial charge in [-0.05, 0) is 29.8 Å². The summed E-state index contributed by atoms with van der Waals surface area (Å²) in [6, 6.07) is 9.06. The van der Waals surface area contributed by atoms with Gasteiger partial charge in [-0.1, -0.05) is 23.7 Å². The summed E-state index contributed by atoms with van der Waals surface area (Å²) in [4.78, 5) is 16.8. The Labute approximate surface area is 182 Å². The van der Waals surface area contributed by atoms with Crippen molar-refractivity contribution in [3.63, 3.8) is 0 Å². The van der Waals surface area contributed by atoms with Crippen molar-refractivity contribution >= 4 is 17.5 Å². The number of fused-ring (bicyclic) bond motifs is 1. The van der Waals surface area contributed by atoms with Gasteiger partial charge in [0.25, 0.3) is 5.91 Å². The van der Waals surface area contributed by atoms with Gasteiger partial charge in [0.2, 0.25) is 0 Å². The molecule has 2 aliphatic rings. The minimum atomic E-state index is -4.70. The lowest BCUT2D eigenvalue weighted by atomic mass is 10.1. The summed E-state index contributed by atoms with van der Waals surface area (Å²) >= 11 is 6.24. The summed E-state index contributed by atoms with van der Waals surface area (Å²) in [5, 5.41) is 0.345. The lowest BCUT2D eigenvalue weighted by molar-refractivity contribution is -0.274. The average Bonchev–Trinajstić information content (AvgIpc) is 2.74. The number of halogens is 4. The second-order valence-electron chi connectivity index (χ2n) is 7.24. The number of piperazine rings is 1. The molecule has 2 aromatic rings. The largest absolute Gasteiger partial charge is 0.573 e. The molecule has 2 heterocycles. The van der Waals surface area contributed by atoms with Crippen molar-refractivity contribution in [2.45, 2.75) is 12.9 Å². The molecule has 10 heteroatoms. The van der Waals surface area contributed by atoms with Crippen molar-refractivity contribution in [3.8, 4) is 17.2 Å². The smallest absolute Gasteiger partial charge is 0.486 e. The fourth-order valence-electron chi connectivity index (χ4n) is 3.58. The van der Waals surface area contributed by atoms with Crippen LogP contribution in [0.4, 0.5) is 13.2 Å². The van der Waals surface area contributed by atoms with Gasteiger partial charge in [-0.2, -0.15) is 0 Å². The molecule has 1 saturated heterocycles. The normalized spacial score (nSPS) is 16.8. The van der Waals surface area contributed by atoms with Crippen LogP contribution in [0.5, 0.6) is 17.2 Å². The van der Waals surface area contributed by atoms with E-state index in [1.165, 1.54) is 12.1 Å². The molecule has 0 aromatic heterocycles. The number of ether oxygens (including phenoxy) is 3. The Morgan fingerprint density at radius 1 is 1.03 bits per heavy atom. The molecule has 4 rings (SSSR count). The number of alkyl halides is 3. The maximum absolute atomic E-state index is 12.9. The second-order valence-corrected chi connectivity index (χ2v) is 7.65. The Morgan fingerprint density at radius 2 is 1.71 bits per heavy atom. The van der Waals surface area contributed by atoms with E-state index in [1.807, 2.05) is 0 Å². The monoisotopic (exact) mass is 456 g/mol. The van der Waals surface area contributed by atoms with Crippen molar-refractivity contribution in [1.82, 2.24) is 9.80 Å². The third-order valence-corrected chi connectivity index (χ3v) is 5.35. The number of hydrogen-bond acceptors (Lipinski definition) is 5. The van der Waals surface area contributed by atoms with Gasteiger partial charge in [-0.15, -0.1) is 13.2 Å². The van der Waals surface area contributed by atoms with Crippen LogP contribution in [-0.4, -0.2) is 61.5 Å². The van der Waals surface area contributed by atoms with E-state index in [-0.39, 0.29) is 11.7 Å². The molecule has 1 fully saturated rings. The van der Waals surface area contributed by atoms with Crippen molar-refractivity contribution in [3.05, 3.63) is 52.5 Å². The number of amides is 1. The Morgan fingerprint density at radius 3 is 2.39 bits per heavy atom. The van der Waals surface area contributed by atoms with Crippen LogP contribution < -0.4 is 14.2 Å². The predicted octanol–water partition coefficient (Wildman–Crippen LogP) is 3.97. The van der Waals surface area contributed by atoms with E-state index in [4.69, 9.17) is 21.1 Å². The van der Waals surface area contributed by atoms with Crippen LogP contribution in [0.2, 0.25) is 5.02 Å². The molecule has 0 bridgehead atoms. The summed E-state index contributed by atoms with van der Waals surface area (Å²) in [6.45, 7) is 3.74. The molecule has 6 nitrogen and oxygen atoms in total. The SMILES string of the molecule is O=C(c1cc(Cl)c2c(c1)OCCO2)N1CCN(Cc2ccc(OC(F)(F)F)cc2)CC1. The molecule has 0 N–H and O–H groups in total. The molecule has 0 atom stereocenters. The minimum Gasteiger partial charge on any atom is -0.486 e. The van der Waals surface area contributed by atoms with Crippen molar-refractivity contribution in [2.75, 3.05) is 39.4 Å². The Kier molecular flexibility index (Phi) is 6.15. The highest BCUT2D eigenvalue weighted by molar-refractivity contribution is 6.32. The number of rotatable bonds is 4. The van der Waals surface area contributed by atoms with Crippen LogP contribution in [0, 0.1) is 0 Å². The first-order chi connectivity index (χ1) is 14.8. The zero-order valence-corrected chi connectivity index (χ0v) is 17.2.